The topological polar surface area (TPSA) is 177 Å². The van der Waals surface area contributed by atoms with Crippen LogP contribution in [0.4, 0.5) is 0 Å². The number of carbonyl (C=O) groups is 5. The summed E-state index contributed by atoms with van der Waals surface area (Å²) in [5, 5.41) is 28.3. The van der Waals surface area contributed by atoms with Crippen molar-refractivity contribution in [2.45, 2.75) is 73.8 Å². The monoisotopic (exact) mass is 585 g/mol. The van der Waals surface area contributed by atoms with E-state index in [0.717, 1.165) is 4.90 Å². The summed E-state index contributed by atoms with van der Waals surface area (Å²) in [5.41, 5.74) is 0.577. The molecule has 6 N–H and O–H groups in total. The summed E-state index contributed by atoms with van der Waals surface area (Å²) in [6, 6.07) is 2.39. The molecule has 2 saturated heterocycles. The maximum absolute atomic E-state index is 13.5. The first kappa shape index (κ1) is 30.6. The molecule has 0 spiro atoms. The van der Waals surface area contributed by atoms with Gasteiger partial charge in [-0.2, -0.15) is 0 Å². The van der Waals surface area contributed by atoms with Crippen molar-refractivity contribution in [3.05, 3.63) is 35.9 Å². The van der Waals surface area contributed by atoms with Gasteiger partial charge in [-0.1, -0.05) is 37.3 Å². The number of hydrogen-bond donors (Lipinski definition) is 6. The predicted molar refractivity (Wildman–Crippen MR) is 142 cm³/mol. The molecule has 0 aromatic heterocycles. The van der Waals surface area contributed by atoms with Crippen LogP contribution in [-0.2, 0) is 24.0 Å². The van der Waals surface area contributed by atoms with E-state index in [0.29, 0.717) is 5.56 Å². The Kier molecular flexibility index (Phi) is 10.5. The van der Waals surface area contributed by atoms with Gasteiger partial charge in [-0.05, 0) is 18.9 Å². The van der Waals surface area contributed by atoms with E-state index in [2.05, 4.69) is 21.3 Å². The molecule has 8 atom stereocenters. The van der Waals surface area contributed by atoms with E-state index in [4.69, 9.17) is 23.2 Å². The Morgan fingerprint density at radius 1 is 0.949 bits per heavy atom. The Balaban J connectivity index is 2.02. The first-order valence-electron chi connectivity index (χ1n) is 12.6. The van der Waals surface area contributed by atoms with E-state index in [9.17, 15) is 34.2 Å². The standard InChI is InChI=1S/C25H33Cl2N5O7/c1-3-15-25(39)32-10-14(26)19(27)21(32)24(38)31-20(12(2)34)23(37)30-17(11-33)22(36)29-16(9-18(35)28-15)13-7-5-4-6-8-13/h4-8,12,14-17,19-21,33-34H,3,9-11H2,1-2H3,(H,28,35)(H,29,36)(H,30,37)(H,31,38)/t12-,14-,15-,16+,17-,19+,20?,21-/m1/s1. The number of amides is 5. The van der Waals surface area contributed by atoms with Crippen LogP contribution in [0.2, 0.25) is 0 Å². The number of halogens is 2. The second-order valence-electron chi connectivity index (χ2n) is 9.57. The Bertz CT molecular complexity index is 1080. The highest BCUT2D eigenvalue weighted by atomic mass is 35.5. The zero-order chi connectivity index (χ0) is 28.9. The van der Waals surface area contributed by atoms with Gasteiger partial charge in [0.25, 0.3) is 0 Å². The van der Waals surface area contributed by atoms with Crippen molar-refractivity contribution in [2.24, 2.45) is 0 Å². The summed E-state index contributed by atoms with van der Waals surface area (Å²) in [4.78, 5) is 67.1. The van der Waals surface area contributed by atoms with Crippen molar-refractivity contribution in [3.8, 4) is 0 Å². The zero-order valence-electron chi connectivity index (χ0n) is 21.5. The fraction of sp³-hybridized carbons (Fsp3) is 0.560. The third kappa shape index (κ3) is 7.18. The molecular weight excluding hydrogens is 553 g/mol. The van der Waals surface area contributed by atoms with Crippen LogP contribution >= 0.6 is 23.2 Å². The molecule has 5 amide bonds. The smallest absolute Gasteiger partial charge is 0.245 e. The van der Waals surface area contributed by atoms with E-state index in [1.165, 1.54) is 6.92 Å². The Labute approximate surface area is 235 Å². The SMILES string of the molecule is CC[C@H]1NC(=O)C[C@@H](c2ccccc2)NC(=O)[C@@H](CO)NC(=O)C([C@@H](C)O)NC(=O)[C@H]2[C@@H](Cl)[C@H](Cl)CN2C1=O. The van der Waals surface area contributed by atoms with Crippen LogP contribution < -0.4 is 21.3 Å². The molecule has 214 valence electrons. The number of carbonyl (C=O) groups excluding carboxylic acids is 5. The number of aliphatic hydroxyl groups is 2. The highest BCUT2D eigenvalue weighted by Crippen LogP contribution is 2.29. The van der Waals surface area contributed by atoms with Crippen LogP contribution in [0, 0.1) is 0 Å². The van der Waals surface area contributed by atoms with Gasteiger partial charge in [0.1, 0.15) is 24.2 Å². The molecule has 2 heterocycles. The van der Waals surface area contributed by atoms with Crippen LogP contribution in [0.3, 0.4) is 0 Å². The average Bonchev–Trinajstić information content (AvgIpc) is 3.21. The third-order valence-corrected chi connectivity index (χ3v) is 7.81. The van der Waals surface area contributed by atoms with Gasteiger partial charge in [0.05, 0.1) is 35.9 Å². The number of aliphatic hydroxyl groups excluding tert-OH is 2. The van der Waals surface area contributed by atoms with E-state index in [1.54, 1.807) is 37.3 Å². The Hall–Kier alpha value is -2.93. The molecule has 0 bridgehead atoms. The minimum absolute atomic E-state index is 0.0835. The Morgan fingerprint density at radius 2 is 1.62 bits per heavy atom. The van der Waals surface area contributed by atoms with Gasteiger partial charge < -0.3 is 36.4 Å². The molecule has 0 aliphatic carbocycles. The number of benzene rings is 1. The summed E-state index contributed by atoms with van der Waals surface area (Å²) in [6.45, 7) is 2.05. The van der Waals surface area contributed by atoms with Gasteiger partial charge in [0.2, 0.25) is 29.5 Å². The molecule has 2 aliphatic rings. The molecule has 1 aromatic carbocycles. The van der Waals surface area contributed by atoms with Crippen LogP contribution in [0.25, 0.3) is 0 Å². The largest absolute Gasteiger partial charge is 0.394 e. The lowest BCUT2D eigenvalue weighted by Gasteiger charge is -2.32. The zero-order valence-corrected chi connectivity index (χ0v) is 23.0. The van der Waals surface area contributed by atoms with Crippen LogP contribution in [0.15, 0.2) is 30.3 Å². The summed E-state index contributed by atoms with van der Waals surface area (Å²) >= 11 is 12.7. The van der Waals surface area contributed by atoms with Crippen molar-refractivity contribution < 1.29 is 34.2 Å². The molecule has 0 radical (unpaired) electrons. The third-order valence-electron chi connectivity index (χ3n) is 6.73. The van der Waals surface area contributed by atoms with Crippen LogP contribution in [0.1, 0.15) is 38.3 Å². The van der Waals surface area contributed by atoms with Gasteiger partial charge in [0.15, 0.2) is 0 Å². The van der Waals surface area contributed by atoms with E-state index < -0.39 is 83.2 Å². The molecule has 39 heavy (non-hydrogen) atoms. The lowest BCUT2D eigenvalue weighted by molar-refractivity contribution is -0.143. The molecule has 12 nitrogen and oxygen atoms in total. The van der Waals surface area contributed by atoms with Crippen molar-refractivity contribution in [2.75, 3.05) is 13.2 Å². The highest BCUT2D eigenvalue weighted by molar-refractivity contribution is 6.32. The normalized spacial score (nSPS) is 32.0. The number of nitrogens with zero attached hydrogens (tertiary/aromatic N) is 1. The molecule has 0 saturated carbocycles. The average molecular weight is 586 g/mol. The maximum atomic E-state index is 13.5. The van der Waals surface area contributed by atoms with Gasteiger partial charge in [-0.3, -0.25) is 24.0 Å². The van der Waals surface area contributed by atoms with E-state index in [1.807, 2.05) is 0 Å². The first-order valence-corrected chi connectivity index (χ1v) is 13.5. The van der Waals surface area contributed by atoms with Crippen molar-refractivity contribution in [1.29, 1.82) is 0 Å². The quantitative estimate of drug-likeness (QED) is 0.243. The molecule has 1 aromatic rings. The van der Waals surface area contributed by atoms with Gasteiger partial charge >= 0.3 is 0 Å². The molecule has 3 rings (SSSR count). The number of alkyl halides is 2. The minimum atomic E-state index is -1.55. The molecule has 2 aliphatic heterocycles. The first-order chi connectivity index (χ1) is 18.5. The summed E-state index contributed by atoms with van der Waals surface area (Å²) in [5.74, 6) is -3.75. The molecular formula is C25H33Cl2N5O7. The van der Waals surface area contributed by atoms with Crippen LogP contribution in [0.5, 0.6) is 0 Å². The van der Waals surface area contributed by atoms with Gasteiger partial charge in [-0.15, -0.1) is 23.2 Å². The van der Waals surface area contributed by atoms with Crippen molar-refractivity contribution >= 4 is 52.7 Å². The van der Waals surface area contributed by atoms with E-state index in [-0.39, 0.29) is 19.4 Å². The number of hydrogen-bond acceptors (Lipinski definition) is 7. The van der Waals surface area contributed by atoms with E-state index >= 15 is 0 Å². The molecule has 2 fully saturated rings. The number of nitrogens with one attached hydrogen (secondary N) is 4. The highest BCUT2D eigenvalue weighted by Gasteiger charge is 2.48. The van der Waals surface area contributed by atoms with Gasteiger partial charge in [0, 0.05) is 6.54 Å². The fourth-order valence-corrected chi connectivity index (χ4v) is 5.19. The summed E-state index contributed by atoms with van der Waals surface area (Å²) in [6.07, 6.45) is -1.49. The molecule has 1 unspecified atom stereocenters. The summed E-state index contributed by atoms with van der Waals surface area (Å²) < 4.78 is 0. The van der Waals surface area contributed by atoms with Crippen molar-refractivity contribution in [3.63, 3.8) is 0 Å². The fourth-order valence-electron chi connectivity index (χ4n) is 4.57. The predicted octanol–water partition coefficient (Wildman–Crippen LogP) is -1.09. The number of fused-ring (bicyclic) bond motifs is 1. The van der Waals surface area contributed by atoms with Crippen molar-refractivity contribution in [1.82, 2.24) is 26.2 Å². The second-order valence-corrected chi connectivity index (χ2v) is 10.6. The maximum Gasteiger partial charge on any atom is 0.245 e. The van der Waals surface area contributed by atoms with Crippen LogP contribution in [-0.4, -0.2) is 98.8 Å². The number of rotatable bonds is 4. The minimum Gasteiger partial charge on any atom is -0.394 e. The lowest BCUT2D eigenvalue weighted by atomic mass is 10.0. The summed E-state index contributed by atoms with van der Waals surface area (Å²) in [7, 11) is 0. The Morgan fingerprint density at radius 3 is 2.21 bits per heavy atom. The molecule has 14 heteroatoms. The van der Waals surface area contributed by atoms with Gasteiger partial charge in [-0.25, -0.2) is 0 Å². The lowest BCUT2D eigenvalue weighted by Crippen LogP contribution is -2.62. The second kappa shape index (κ2) is 13.4.